The monoisotopic (exact) mass is 409 g/mol. The van der Waals surface area contributed by atoms with E-state index in [4.69, 9.17) is 0 Å². The molecular formula is C22H27N5O3. The lowest BCUT2D eigenvalue weighted by atomic mass is 10.2. The summed E-state index contributed by atoms with van der Waals surface area (Å²) in [6, 6.07) is 11.6. The maximum Gasteiger partial charge on any atom is 0.329 e. The molecule has 8 nitrogen and oxygen atoms in total. The van der Waals surface area contributed by atoms with Crippen LogP contribution in [0.25, 0.3) is 11.0 Å². The number of para-hydroxylation sites is 1. The summed E-state index contributed by atoms with van der Waals surface area (Å²) in [5.74, 6) is -0.292. The Kier molecular flexibility index (Phi) is 7.00. The molecule has 0 bridgehead atoms. The van der Waals surface area contributed by atoms with Crippen LogP contribution in [0.4, 0.5) is 5.69 Å². The third-order valence-corrected chi connectivity index (χ3v) is 4.94. The average Bonchev–Trinajstić information content (AvgIpc) is 2.77. The molecule has 0 aliphatic carbocycles. The number of aromatic nitrogens is 3. The summed E-state index contributed by atoms with van der Waals surface area (Å²) in [6.07, 6.45) is 2.92. The van der Waals surface area contributed by atoms with Crippen LogP contribution >= 0.6 is 0 Å². The molecule has 0 aliphatic heterocycles. The second-order valence-corrected chi connectivity index (χ2v) is 7.03. The summed E-state index contributed by atoms with van der Waals surface area (Å²) in [7, 11) is 0. The Morgan fingerprint density at radius 3 is 2.67 bits per heavy atom. The Balaban J connectivity index is 1.65. The quantitative estimate of drug-likeness (QED) is 0.528. The number of carbonyl (C=O) groups is 1. The Morgan fingerprint density at radius 1 is 1.20 bits per heavy atom. The van der Waals surface area contributed by atoms with Crippen LogP contribution in [0.1, 0.15) is 37.0 Å². The van der Waals surface area contributed by atoms with Gasteiger partial charge in [0.15, 0.2) is 0 Å². The molecule has 3 aromatic rings. The molecule has 0 saturated carbocycles. The van der Waals surface area contributed by atoms with Gasteiger partial charge >= 0.3 is 5.69 Å². The number of aromatic amines is 1. The molecule has 1 aromatic carbocycles. The number of hydrogen-bond donors (Lipinski definition) is 2. The number of aryl methyl sites for hydroxylation is 1. The summed E-state index contributed by atoms with van der Waals surface area (Å²) < 4.78 is 1.42. The van der Waals surface area contributed by atoms with E-state index in [2.05, 4.69) is 39.2 Å². The van der Waals surface area contributed by atoms with E-state index < -0.39 is 11.2 Å². The van der Waals surface area contributed by atoms with Crippen molar-refractivity contribution in [1.29, 1.82) is 0 Å². The fraction of sp³-hybridized carbons (Fsp3) is 0.364. The second kappa shape index (κ2) is 9.87. The zero-order valence-corrected chi connectivity index (χ0v) is 17.4. The SMILES string of the molecule is CCCn1c(=O)[nH]c(=O)c2cc(C(=O)NCCCN(CC)c3ccccc3)cnc21. The number of fused-ring (bicyclic) bond motifs is 1. The molecule has 0 unspecified atom stereocenters. The predicted octanol–water partition coefficient (Wildman–Crippen LogP) is 2.14. The molecule has 0 saturated heterocycles. The zero-order chi connectivity index (χ0) is 21.5. The molecule has 2 aromatic heterocycles. The number of benzene rings is 1. The van der Waals surface area contributed by atoms with Gasteiger partial charge in [0.25, 0.3) is 11.5 Å². The third-order valence-electron chi connectivity index (χ3n) is 4.94. The van der Waals surface area contributed by atoms with Gasteiger partial charge in [-0.05, 0) is 38.0 Å². The second-order valence-electron chi connectivity index (χ2n) is 7.03. The van der Waals surface area contributed by atoms with Crippen LogP contribution in [-0.2, 0) is 6.54 Å². The van der Waals surface area contributed by atoms with Crippen molar-refractivity contribution in [3.63, 3.8) is 0 Å². The zero-order valence-electron chi connectivity index (χ0n) is 17.4. The number of anilines is 1. The van der Waals surface area contributed by atoms with Crippen LogP contribution in [0.5, 0.6) is 0 Å². The molecule has 2 N–H and O–H groups in total. The van der Waals surface area contributed by atoms with Gasteiger partial charge in [-0.1, -0.05) is 25.1 Å². The van der Waals surface area contributed by atoms with Crippen molar-refractivity contribution >= 4 is 22.6 Å². The lowest BCUT2D eigenvalue weighted by Crippen LogP contribution is -2.32. The summed E-state index contributed by atoms with van der Waals surface area (Å²) in [5, 5.41) is 3.11. The van der Waals surface area contributed by atoms with E-state index in [9.17, 15) is 14.4 Å². The highest BCUT2D eigenvalue weighted by molar-refractivity contribution is 5.96. The van der Waals surface area contributed by atoms with Gasteiger partial charge in [0, 0.05) is 38.1 Å². The number of pyridine rings is 1. The number of hydrogen-bond acceptors (Lipinski definition) is 5. The van der Waals surface area contributed by atoms with E-state index in [1.165, 1.54) is 16.8 Å². The highest BCUT2D eigenvalue weighted by Gasteiger charge is 2.13. The minimum absolute atomic E-state index is 0.233. The molecule has 0 fully saturated rings. The molecule has 1 amide bonds. The summed E-state index contributed by atoms with van der Waals surface area (Å²) >= 11 is 0. The number of rotatable bonds is 9. The highest BCUT2D eigenvalue weighted by Crippen LogP contribution is 2.13. The maximum absolute atomic E-state index is 12.5. The molecule has 0 radical (unpaired) electrons. The molecule has 0 atom stereocenters. The molecule has 158 valence electrons. The van der Waals surface area contributed by atoms with Crippen LogP contribution in [-0.4, -0.2) is 40.1 Å². The van der Waals surface area contributed by atoms with E-state index in [0.717, 1.165) is 31.6 Å². The normalized spacial score (nSPS) is 10.9. The van der Waals surface area contributed by atoms with Gasteiger partial charge in [-0.2, -0.15) is 0 Å². The molecule has 2 heterocycles. The molecule has 0 aliphatic rings. The first-order chi connectivity index (χ1) is 14.5. The summed E-state index contributed by atoms with van der Waals surface area (Å²) in [5.41, 5.74) is 0.722. The Morgan fingerprint density at radius 2 is 1.97 bits per heavy atom. The number of H-pyrrole nitrogens is 1. The smallest absolute Gasteiger partial charge is 0.329 e. The highest BCUT2D eigenvalue weighted by atomic mass is 16.2. The number of nitrogens with zero attached hydrogens (tertiary/aromatic N) is 3. The summed E-state index contributed by atoms with van der Waals surface area (Å²) in [4.78, 5) is 45.5. The minimum Gasteiger partial charge on any atom is -0.372 e. The first kappa shape index (κ1) is 21.3. The van der Waals surface area contributed by atoms with Gasteiger partial charge in [0.05, 0.1) is 10.9 Å². The first-order valence-corrected chi connectivity index (χ1v) is 10.3. The molecule has 3 rings (SSSR count). The van der Waals surface area contributed by atoms with Gasteiger partial charge in [-0.3, -0.25) is 19.1 Å². The third kappa shape index (κ3) is 4.76. The van der Waals surface area contributed by atoms with E-state index in [1.807, 2.05) is 25.1 Å². The lowest BCUT2D eigenvalue weighted by molar-refractivity contribution is 0.0953. The van der Waals surface area contributed by atoms with Crippen molar-refractivity contribution in [2.45, 2.75) is 33.2 Å². The number of carbonyl (C=O) groups excluding carboxylic acids is 1. The van der Waals surface area contributed by atoms with Crippen molar-refractivity contribution < 1.29 is 4.79 Å². The van der Waals surface area contributed by atoms with Gasteiger partial charge in [-0.25, -0.2) is 9.78 Å². The molecule has 30 heavy (non-hydrogen) atoms. The van der Waals surface area contributed by atoms with Crippen molar-refractivity contribution in [2.75, 3.05) is 24.5 Å². The van der Waals surface area contributed by atoms with Crippen LogP contribution < -0.4 is 21.5 Å². The Labute approximate surface area is 174 Å². The van der Waals surface area contributed by atoms with Crippen LogP contribution in [0.2, 0.25) is 0 Å². The molecular weight excluding hydrogens is 382 g/mol. The van der Waals surface area contributed by atoms with Crippen LogP contribution in [0.3, 0.4) is 0 Å². The molecule has 8 heteroatoms. The van der Waals surface area contributed by atoms with Gasteiger partial charge in [-0.15, -0.1) is 0 Å². The minimum atomic E-state index is -0.536. The lowest BCUT2D eigenvalue weighted by Gasteiger charge is -2.23. The fourth-order valence-corrected chi connectivity index (χ4v) is 3.41. The standard InChI is InChI=1S/C22H27N5O3/c1-3-12-27-19-18(21(29)25-22(27)30)14-16(15-24-19)20(28)23-11-8-13-26(4-2)17-9-6-5-7-10-17/h5-7,9-10,14-15H,3-4,8,11-13H2,1-2H3,(H,23,28)(H,25,29,30). The van der Waals surface area contributed by atoms with Crippen LogP contribution in [0.15, 0.2) is 52.2 Å². The number of nitrogens with one attached hydrogen (secondary N) is 2. The van der Waals surface area contributed by atoms with E-state index in [1.54, 1.807) is 0 Å². The van der Waals surface area contributed by atoms with Crippen molar-refractivity contribution in [3.05, 3.63) is 69.0 Å². The fourth-order valence-electron chi connectivity index (χ4n) is 3.41. The topological polar surface area (TPSA) is 100 Å². The number of amides is 1. The van der Waals surface area contributed by atoms with E-state index in [0.29, 0.717) is 24.3 Å². The van der Waals surface area contributed by atoms with Crippen molar-refractivity contribution in [3.8, 4) is 0 Å². The Bertz CT molecular complexity index is 1120. The maximum atomic E-state index is 12.5. The predicted molar refractivity (Wildman–Crippen MR) is 118 cm³/mol. The summed E-state index contributed by atoms with van der Waals surface area (Å²) in [6.45, 7) is 6.69. The van der Waals surface area contributed by atoms with Gasteiger partial charge < -0.3 is 10.2 Å². The largest absolute Gasteiger partial charge is 0.372 e. The van der Waals surface area contributed by atoms with E-state index in [-0.39, 0.29) is 11.3 Å². The molecule has 0 spiro atoms. The van der Waals surface area contributed by atoms with Crippen molar-refractivity contribution in [1.82, 2.24) is 19.9 Å². The van der Waals surface area contributed by atoms with E-state index >= 15 is 0 Å². The van der Waals surface area contributed by atoms with Crippen LogP contribution in [0, 0.1) is 0 Å². The average molecular weight is 409 g/mol. The van der Waals surface area contributed by atoms with Crippen molar-refractivity contribution in [2.24, 2.45) is 0 Å². The van der Waals surface area contributed by atoms with Gasteiger partial charge in [0.1, 0.15) is 5.65 Å². The van der Waals surface area contributed by atoms with Gasteiger partial charge in [0.2, 0.25) is 0 Å². The first-order valence-electron chi connectivity index (χ1n) is 10.3. The Hall–Kier alpha value is -3.42.